The monoisotopic (exact) mass is 378 g/mol. The second-order valence-corrected chi connectivity index (χ2v) is 11.5. The van der Waals surface area contributed by atoms with Gasteiger partial charge in [-0.1, -0.05) is 81.4 Å². The Bertz CT molecular complexity index is 675. The van der Waals surface area contributed by atoms with E-state index in [2.05, 4.69) is 0 Å². The highest BCUT2D eigenvalue weighted by Gasteiger charge is 2.52. The number of rotatable bonds is 7. The number of carbonyl (C=O) groups is 1. The zero-order valence-corrected chi connectivity index (χ0v) is 16.2. The number of hydrogen-bond donors (Lipinski definition) is 1. The summed E-state index contributed by atoms with van der Waals surface area (Å²) in [4.78, 5) is 11.1. The topological polar surface area (TPSA) is 46.5 Å². The van der Waals surface area contributed by atoms with Crippen molar-refractivity contribution in [2.45, 2.75) is 44.8 Å². The molecule has 2 aromatic rings. The first-order valence-corrected chi connectivity index (χ1v) is 10.4. The van der Waals surface area contributed by atoms with Crippen LogP contribution in [0, 0.1) is 0 Å². The zero-order valence-electron chi connectivity index (χ0n) is 15.2. The first kappa shape index (κ1) is 20.3. The molecule has 1 N–H and O–H groups in total. The van der Waals surface area contributed by atoms with Crippen molar-refractivity contribution in [1.29, 1.82) is 0 Å². The summed E-state index contributed by atoms with van der Waals surface area (Å²) in [5.41, 5.74) is 0. The van der Waals surface area contributed by atoms with E-state index < -0.39 is 38.3 Å². The van der Waals surface area contributed by atoms with E-state index in [-0.39, 0.29) is 0 Å². The predicted molar refractivity (Wildman–Crippen MR) is 101 cm³/mol. The Morgan fingerprint density at radius 2 is 1.42 bits per heavy atom. The minimum absolute atomic E-state index is 0.485. The number of benzene rings is 2. The molecule has 2 aromatic carbocycles. The first-order valence-electron chi connectivity index (χ1n) is 8.47. The van der Waals surface area contributed by atoms with Crippen LogP contribution in [0.2, 0.25) is 5.04 Å². The highest BCUT2D eigenvalue weighted by Crippen LogP contribution is 2.38. The van der Waals surface area contributed by atoms with Gasteiger partial charge in [0.1, 0.15) is 6.10 Å². The Hall–Kier alpha value is -2.05. The lowest BCUT2D eigenvalue weighted by Gasteiger charge is -2.44. The van der Waals surface area contributed by atoms with E-state index >= 15 is 0 Å². The Kier molecular flexibility index (Phi) is 6.31. The SMILES string of the molecule is CC(C)(C)[Si](OC(CC(=O)O)C(F)F)(c1ccccc1)c1ccccc1. The molecule has 6 heteroatoms. The third-order valence-corrected chi connectivity index (χ3v) is 9.46. The molecule has 2 rings (SSSR count). The maximum atomic E-state index is 13.6. The molecule has 0 aliphatic heterocycles. The Morgan fingerprint density at radius 3 is 1.73 bits per heavy atom. The summed E-state index contributed by atoms with van der Waals surface area (Å²) in [5.74, 6) is -1.30. The highest BCUT2D eigenvalue weighted by molar-refractivity contribution is 6.99. The van der Waals surface area contributed by atoms with Crippen LogP contribution in [-0.2, 0) is 9.22 Å². The van der Waals surface area contributed by atoms with Crippen LogP contribution in [0.1, 0.15) is 27.2 Å². The predicted octanol–water partition coefficient (Wildman–Crippen LogP) is 3.67. The fourth-order valence-electron chi connectivity index (χ4n) is 3.27. The fourth-order valence-corrected chi connectivity index (χ4v) is 7.93. The summed E-state index contributed by atoms with van der Waals surface area (Å²) in [6, 6.07) is 18.7. The van der Waals surface area contributed by atoms with Gasteiger partial charge in [-0.3, -0.25) is 4.79 Å². The van der Waals surface area contributed by atoms with E-state index in [0.717, 1.165) is 10.4 Å². The van der Waals surface area contributed by atoms with Gasteiger partial charge in [-0.05, 0) is 15.4 Å². The van der Waals surface area contributed by atoms with Gasteiger partial charge in [0.2, 0.25) is 0 Å². The number of carboxylic acid groups (broad SMARTS) is 1. The zero-order chi connectivity index (χ0) is 19.4. The van der Waals surface area contributed by atoms with Crippen molar-refractivity contribution in [2.75, 3.05) is 0 Å². The number of alkyl halides is 2. The van der Waals surface area contributed by atoms with Gasteiger partial charge < -0.3 is 9.53 Å². The van der Waals surface area contributed by atoms with Gasteiger partial charge in [-0.2, -0.15) is 0 Å². The Morgan fingerprint density at radius 1 is 1.00 bits per heavy atom. The lowest BCUT2D eigenvalue weighted by atomic mass is 10.2. The van der Waals surface area contributed by atoms with Crippen LogP contribution in [0.5, 0.6) is 0 Å². The van der Waals surface area contributed by atoms with Crippen molar-refractivity contribution < 1.29 is 23.1 Å². The highest BCUT2D eigenvalue weighted by atomic mass is 28.4. The molecule has 0 fully saturated rings. The third kappa shape index (κ3) is 4.19. The summed E-state index contributed by atoms with van der Waals surface area (Å²) < 4.78 is 33.4. The summed E-state index contributed by atoms with van der Waals surface area (Å²) in [6.45, 7) is 5.88. The maximum absolute atomic E-state index is 13.6. The molecule has 0 saturated carbocycles. The lowest BCUT2D eigenvalue weighted by molar-refractivity contribution is -0.141. The van der Waals surface area contributed by atoms with Crippen LogP contribution in [0.15, 0.2) is 60.7 Å². The average molecular weight is 378 g/mol. The standard InChI is InChI=1S/C20H24F2O3Si/c1-20(2,3)26(15-10-6-4-7-11-15,16-12-8-5-9-13-16)25-17(19(21)22)14-18(23)24/h4-13,17,19H,14H2,1-3H3,(H,23,24). The van der Waals surface area contributed by atoms with E-state index in [9.17, 15) is 13.6 Å². The van der Waals surface area contributed by atoms with E-state index in [1.54, 1.807) is 0 Å². The quantitative estimate of drug-likeness (QED) is 0.748. The molecule has 0 heterocycles. The molecule has 140 valence electrons. The van der Waals surface area contributed by atoms with E-state index in [1.807, 2.05) is 81.4 Å². The summed E-state index contributed by atoms with van der Waals surface area (Å²) in [5, 5.41) is 10.3. The van der Waals surface area contributed by atoms with Gasteiger partial charge >= 0.3 is 5.97 Å². The molecule has 1 atom stereocenters. The Labute approximate surface area is 153 Å². The van der Waals surface area contributed by atoms with Gasteiger partial charge in [0.15, 0.2) is 0 Å². The Balaban J connectivity index is 2.69. The van der Waals surface area contributed by atoms with Crippen molar-refractivity contribution >= 4 is 24.7 Å². The molecule has 0 saturated heterocycles. The molecule has 0 amide bonds. The van der Waals surface area contributed by atoms with Crippen LogP contribution in [0.4, 0.5) is 8.78 Å². The van der Waals surface area contributed by atoms with Crippen LogP contribution in [-0.4, -0.2) is 31.9 Å². The van der Waals surface area contributed by atoms with Crippen molar-refractivity contribution in [2.24, 2.45) is 0 Å². The molecule has 0 aliphatic rings. The number of aliphatic carboxylic acids is 1. The molecule has 3 nitrogen and oxygen atoms in total. The van der Waals surface area contributed by atoms with E-state index in [1.165, 1.54) is 0 Å². The summed E-state index contributed by atoms with van der Waals surface area (Å²) in [6.07, 6.45) is -5.28. The number of carboxylic acids is 1. The van der Waals surface area contributed by atoms with Crippen LogP contribution < -0.4 is 10.4 Å². The van der Waals surface area contributed by atoms with Crippen LogP contribution >= 0.6 is 0 Å². The van der Waals surface area contributed by atoms with Gasteiger partial charge in [0, 0.05) is 0 Å². The minimum atomic E-state index is -3.19. The molecular formula is C20H24F2O3Si. The molecular weight excluding hydrogens is 354 g/mol. The van der Waals surface area contributed by atoms with Gasteiger partial charge in [-0.25, -0.2) is 8.78 Å². The van der Waals surface area contributed by atoms with E-state index in [4.69, 9.17) is 9.53 Å². The van der Waals surface area contributed by atoms with Crippen molar-refractivity contribution in [3.63, 3.8) is 0 Å². The molecule has 0 aliphatic carbocycles. The lowest BCUT2D eigenvalue weighted by Crippen LogP contribution is -2.68. The molecule has 1 unspecified atom stereocenters. The van der Waals surface area contributed by atoms with Crippen molar-refractivity contribution in [3.8, 4) is 0 Å². The molecule has 0 radical (unpaired) electrons. The maximum Gasteiger partial charge on any atom is 0.306 e. The molecule has 0 spiro atoms. The van der Waals surface area contributed by atoms with E-state index in [0.29, 0.717) is 0 Å². The van der Waals surface area contributed by atoms with Crippen LogP contribution in [0.3, 0.4) is 0 Å². The summed E-state index contributed by atoms with van der Waals surface area (Å²) >= 11 is 0. The normalized spacial score (nSPS) is 13.6. The number of halogens is 2. The van der Waals surface area contributed by atoms with Crippen LogP contribution in [0.25, 0.3) is 0 Å². The minimum Gasteiger partial charge on any atom is -0.481 e. The second kappa shape index (κ2) is 8.10. The summed E-state index contributed by atoms with van der Waals surface area (Å²) in [7, 11) is -3.19. The second-order valence-electron chi connectivity index (χ2n) is 7.25. The smallest absolute Gasteiger partial charge is 0.306 e. The van der Waals surface area contributed by atoms with Gasteiger partial charge in [-0.15, -0.1) is 0 Å². The first-order chi connectivity index (χ1) is 12.2. The van der Waals surface area contributed by atoms with Gasteiger partial charge in [0.25, 0.3) is 14.7 Å². The third-order valence-electron chi connectivity index (χ3n) is 4.40. The molecule has 26 heavy (non-hydrogen) atoms. The van der Waals surface area contributed by atoms with Crippen molar-refractivity contribution in [1.82, 2.24) is 0 Å². The largest absolute Gasteiger partial charge is 0.481 e. The van der Waals surface area contributed by atoms with Gasteiger partial charge in [0.05, 0.1) is 6.42 Å². The average Bonchev–Trinajstić information content (AvgIpc) is 2.58. The fraction of sp³-hybridized carbons (Fsp3) is 0.350. The van der Waals surface area contributed by atoms with Crippen molar-refractivity contribution in [3.05, 3.63) is 60.7 Å². The molecule has 0 bridgehead atoms. The molecule has 0 aromatic heterocycles. The number of hydrogen-bond acceptors (Lipinski definition) is 2.